The van der Waals surface area contributed by atoms with Crippen LogP contribution in [0.15, 0.2) is 72.8 Å². The lowest BCUT2D eigenvalue weighted by atomic mass is 10.1. The predicted octanol–water partition coefficient (Wildman–Crippen LogP) is 7.66. The highest BCUT2D eigenvalue weighted by Crippen LogP contribution is 2.34. The fourth-order valence-electron chi connectivity index (χ4n) is 3.30. The molecule has 130 valence electrons. The van der Waals surface area contributed by atoms with Gasteiger partial charge in [-0.2, -0.15) is 0 Å². The van der Waals surface area contributed by atoms with Crippen LogP contribution in [0.3, 0.4) is 0 Å². The van der Waals surface area contributed by atoms with Gasteiger partial charge in [-0.25, -0.2) is 0 Å². The molecule has 0 radical (unpaired) electrons. The largest absolute Gasteiger partial charge is 0.254 e. The number of fused-ring (bicyclic) bond motifs is 2. The number of hydrogen-bond acceptors (Lipinski definition) is 3. The number of thiophene rings is 2. The minimum atomic E-state index is 1.000. The third-order valence-electron chi connectivity index (χ3n) is 4.55. The van der Waals surface area contributed by atoms with E-state index in [9.17, 15) is 0 Å². The molecule has 3 aromatic heterocycles. The normalized spacial score (nSPS) is 11.7. The van der Waals surface area contributed by atoms with Crippen molar-refractivity contribution in [2.45, 2.75) is 6.92 Å². The van der Waals surface area contributed by atoms with Crippen molar-refractivity contribution >= 4 is 55.0 Å². The summed E-state index contributed by atoms with van der Waals surface area (Å²) < 4.78 is 2.64. The van der Waals surface area contributed by atoms with Gasteiger partial charge < -0.3 is 0 Å². The molecule has 0 N–H and O–H groups in total. The van der Waals surface area contributed by atoms with Gasteiger partial charge in [-0.1, -0.05) is 36.4 Å². The zero-order valence-corrected chi connectivity index (χ0v) is 16.5. The minimum absolute atomic E-state index is 1.000. The van der Waals surface area contributed by atoms with Crippen LogP contribution >= 0.6 is 22.7 Å². The number of rotatable bonds is 3. The van der Waals surface area contributed by atoms with E-state index in [1.807, 2.05) is 22.7 Å². The van der Waals surface area contributed by atoms with E-state index in [1.54, 1.807) is 0 Å². The molecule has 0 saturated carbocycles. The number of aromatic nitrogens is 1. The smallest absolute Gasteiger partial charge is 0.0639 e. The Morgan fingerprint density at radius 3 is 2.19 bits per heavy atom. The van der Waals surface area contributed by atoms with Crippen LogP contribution in [0.4, 0.5) is 0 Å². The second-order valence-corrected chi connectivity index (χ2v) is 8.79. The lowest BCUT2D eigenvalue weighted by molar-refractivity contribution is 1.18. The fraction of sp³-hybridized carbons (Fsp3) is 0.0417. The SMILES string of the molecule is Cc1cc(-c2cc3ccccc3s2)cc(C=Cc2cc3ccccc3s2)n1. The Kier molecular flexibility index (Phi) is 4.12. The summed E-state index contributed by atoms with van der Waals surface area (Å²) in [7, 11) is 0. The third-order valence-corrected chi connectivity index (χ3v) is 6.79. The number of pyridine rings is 1. The monoisotopic (exact) mass is 383 g/mol. The van der Waals surface area contributed by atoms with Crippen LogP contribution in [0.25, 0.3) is 42.8 Å². The Morgan fingerprint density at radius 2 is 1.44 bits per heavy atom. The Bertz CT molecular complexity index is 1220. The summed E-state index contributed by atoms with van der Waals surface area (Å²) in [6.07, 6.45) is 4.29. The van der Waals surface area contributed by atoms with Crippen molar-refractivity contribution in [2.75, 3.05) is 0 Å². The molecular formula is C24H17NS2. The molecule has 3 heterocycles. The van der Waals surface area contributed by atoms with Gasteiger partial charge in [-0.15, -0.1) is 22.7 Å². The Hall–Kier alpha value is -2.75. The van der Waals surface area contributed by atoms with Crippen molar-refractivity contribution in [1.82, 2.24) is 4.98 Å². The van der Waals surface area contributed by atoms with E-state index in [4.69, 9.17) is 4.98 Å². The first kappa shape index (κ1) is 16.4. The molecule has 5 aromatic rings. The first-order valence-electron chi connectivity index (χ1n) is 8.89. The van der Waals surface area contributed by atoms with Gasteiger partial charge in [0.05, 0.1) is 5.69 Å². The third kappa shape index (κ3) is 3.32. The Labute approximate surface area is 166 Å². The van der Waals surface area contributed by atoms with Crippen LogP contribution in [0.2, 0.25) is 0 Å². The molecule has 0 spiro atoms. The highest BCUT2D eigenvalue weighted by molar-refractivity contribution is 7.22. The quantitative estimate of drug-likeness (QED) is 0.312. The molecule has 3 heteroatoms. The summed E-state index contributed by atoms with van der Waals surface area (Å²) in [5.74, 6) is 0. The van der Waals surface area contributed by atoms with E-state index in [0.717, 1.165) is 11.4 Å². The van der Waals surface area contributed by atoms with Crippen molar-refractivity contribution in [1.29, 1.82) is 0 Å². The molecule has 0 fully saturated rings. The standard InChI is InChI=1S/C24H17NS2/c1-16-12-19(24-15-18-7-3-5-9-23(18)27-24)13-20(25-16)10-11-21-14-17-6-2-4-8-22(17)26-21/h2-15H,1H3. The molecular weight excluding hydrogens is 366 g/mol. The molecule has 1 nitrogen and oxygen atoms in total. The van der Waals surface area contributed by atoms with Crippen LogP contribution < -0.4 is 0 Å². The van der Waals surface area contributed by atoms with Gasteiger partial charge in [0.2, 0.25) is 0 Å². The second kappa shape index (κ2) is 6.76. The van der Waals surface area contributed by atoms with Crippen molar-refractivity contribution in [3.63, 3.8) is 0 Å². The molecule has 0 aliphatic carbocycles. The topological polar surface area (TPSA) is 12.9 Å². The zero-order valence-electron chi connectivity index (χ0n) is 14.8. The second-order valence-electron chi connectivity index (χ2n) is 6.59. The van der Waals surface area contributed by atoms with Crippen molar-refractivity contribution < 1.29 is 0 Å². The average molecular weight is 384 g/mol. The van der Waals surface area contributed by atoms with E-state index in [1.165, 1.54) is 35.5 Å². The predicted molar refractivity (Wildman–Crippen MR) is 121 cm³/mol. The van der Waals surface area contributed by atoms with Crippen molar-refractivity contribution in [3.8, 4) is 10.4 Å². The summed E-state index contributed by atoms with van der Waals surface area (Å²) in [6, 6.07) is 25.9. The number of benzene rings is 2. The molecule has 0 aliphatic rings. The maximum atomic E-state index is 4.70. The minimum Gasteiger partial charge on any atom is -0.254 e. The van der Waals surface area contributed by atoms with Gasteiger partial charge in [0, 0.05) is 24.8 Å². The first-order valence-corrected chi connectivity index (χ1v) is 10.5. The van der Waals surface area contributed by atoms with Gasteiger partial charge in [-0.3, -0.25) is 4.98 Å². The molecule has 5 rings (SSSR count). The molecule has 0 bridgehead atoms. The summed E-state index contributed by atoms with van der Waals surface area (Å²) in [5.41, 5.74) is 3.28. The van der Waals surface area contributed by atoms with Crippen LogP contribution in [0.5, 0.6) is 0 Å². The maximum Gasteiger partial charge on any atom is 0.0639 e. The Morgan fingerprint density at radius 1 is 0.741 bits per heavy atom. The summed E-state index contributed by atoms with van der Waals surface area (Å²) >= 11 is 3.65. The van der Waals surface area contributed by atoms with Crippen LogP contribution in [-0.4, -0.2) is 4.98 Å². The summed E-state index contributed by atoms with van der Waals surface area (Å²) in [4.78, 5) is 7.25. The summed E-state index contributed by atoms with van der Waals surface area (Å²) in [5, 5.41) is 2.60. The molecule has 0 aliphatic heterocycles. The van der Waals surface area contributed by atoms with Gasteiger partial charge >= 0.3 is 0 Å². The number of nitrogens with zero attached hydrogens (tertiary/aromatic N) is 1. The van der Waals surface area contributed by atoms with Crippen molar-refractivity contribution in [2.24, 2.45) is 0 Å². The number of hydrogen-bond donors (Lipinski definition) is 0. The average Bonchev–Trinajstić information content (AvgIpc) is 3.29. The molecule has 0 saturated heterocycles. The summed E-state index contributed by atoms with van der Waals surface area (Å²) in [6.45, 7) is 2.06. The van der Waals surface area contributed by atoms with Crippen molar-refractivity contribution in [3.05, 3.63) is 89.1 Å². The van der Waals surface area contributed by atoms with Gasteiger partial charge in [-0.05, 0) is 71.8 Å². The van der Waals surface area contributed by atoms with Crippen LogP contribution in [0, 0.1) is 6.92 Å². The van der Waals surface area contributed by atoms with Gasteiger partial charge in [0.1, 0.15) is 0 Å². The van der Waals surface area contributed by atoms with Crippen LogP contribution in [0.1, 0.15) is 16.3 Å². The zero-order chi connectivity index (χ0) is 18.2. The maximum absolute atomic E-state index is 4.70. The lowest BCUT2D eigenvalue weighted by Crippen LogP contribution is -1.87. The van der Waals surface area contributed by atoms with E-state index in [0.29, 0.717) is 0 Å². The molecule has 0 atom stereocenters. The Balaban J connectivity index is 1.51. The molecule has 27 heavy (non-hydrogen) atoms. The van der Waals surface area contributed by atoms with E-state index in [-0.39, 0.29) is 0 Å². The van der Waals surface area contributed by atoms with Gasteiger partial charge in [0.25, 0.3) is 0 Å². The molecule has 0 amide bonds. The van der Waals surface area contributed by atoms with E-state index >= 15 is 0 Å². The molecule has 2 aromatic carbocycles. The highest BCUT2D eigenvalue weighted by Gasteiger charge is 2.06. The van der Waals surface area contributed by atoms with E-state index in [2.05, 4.69) is 91.9 Å². The van der Waals surface area contributed by atoms with Crippen LogP contribution in [-0.2, 0) is 0 Å². The fourth-order valence-corrected chi connectivity index (χ4v) is 5.32. The highest BCUT2D eigenvalue weighted by atomic mass is 32.1. The van der Waals surface area contributed by atoms with E-state index < -0.39 is 0 Å². The first-order chi connectivity index (χ1) is 13.2. The molecule has 0 unspecified atom stereocenters. The lowest BCUT2D eigenvalue weighted by Gasteiger charge is -2.02. The number of aryl methyl sites for hydroxylation is 1. The van der Waals surface area contributed by atoms with Gasteiger partial charge in [0.15, 0.2) is 0 Å².